The maximum atomic E-state index is 5.80. The molecular formula is C14H10BrN3O. The molecular weight excluding hydrogens is 306 g/mol. The zero-order valence-corrected chi connectivity index (χ0v) is 11.5. The van der Waals surface area contributed by atoms with E-state index in [1.54, 1.807) is 12.3 Å². The zero-order chi connectivity index (χ0) is 13.2. The summed E-state index contributed by atoms with van der Waals surface area (Å²) in [6, 6.07) is 13.1. The lowest BCUT2D eigenvalue weighted by Gasteiger charge is -2.08. The largest absolute Gasteiger partial charge is 0.436 e. The topological polar surface area (TPSA) is 61.0 Å². The van der Waals surface area contributed by atoms with Crippen molar-refractivity contribution in [3.8, 4) is 11.6 Å². The highest BCUT2D eigenvalue weighted by atomic mass is 79.9. The molecule has 5 heteroatoms. The van der Waals surface area contributed by atoms with Crippen molar-refractivity contribution in [2.45, 2.75) is 0 Å². The van der Waals surface area contributed by atoms with Crippen LogP contribution in [0.1, 0.15) is 0 Å². The minimum Gasteiger partial charge on any atom is -0.436 e. The van der Waals surface area contributed by atoms with Gasteiger partial charge in [0.15, 0.2) is 0 Å². The first-order valence-electron chi connectivity index (χ1n) is 5.67. The Labute approximate surface area is 118 Å². The Morgan fingerprint density at radius 2 is 1.79 bits per heavy atom. The third kappa shape index (κ3) is 2.37. The monoisotopic (exact) mass is 315 g/mol. The Morgan fingerprint density at radius 1 is 1.00 bits per heavy atom. The third-order valence-corrected chi connectivity index (χ3v) is 3.48. The number of nitrogen functional groups attached to an aromatic ring is 1. The maximum Gasteiger partial charge on any atom is 0.238 e. The van der Waals surface area contributed by atoms with Gasteiger partial charge in [-0.1, -0.05) is 18.2 Å². The van der Waals surface area contributed by atoms with E-state index >= 15 is 0 Å². The Kier molecular flexibility index (Phi) is 3.05. The van der Waals surface area contributed by atoms with E-state index in [4.69, 9.17) is 10.5 Å². The average Bonchev–Trinajstić information content (AvgIpc) is 2.44. The second-order valence-electron chi connectivity index (χ2n) is 3.96. The molecule has 19 heavy (non-hydrogen) atoms. The van der Waals surface area contributed by atoms with Gasteiger partial charge in [0.2, 0.25) is 5.88 Å². The van der Waals surface area contributed by atoms with Gasteiger partial charge < -0.3 is 10.5 Å². The summed E-state index contributed by atoms with van der Waals surface area (Å²) in [5, 5.41) is 0. The first kappa shape index (κ1) is 11.9. The number of nitrogens with zero attached hydrogens (tertiary/aromatic N) is 2. The second-order valence-corrected chi connectivity index (χ2v) is 4.75. The van der Waals surface area contributed by atoms with E-state index in [1.807, 2.05) is 36.4 Å². The van der Waals surface area contributed by atoms with Crippen LogP contribution < -0.4 is 10.5 Å². The highest BCUT2D eigenvalue weighted by Gasteiger charge is 2.07. The second kappa shape index (κ2) is 4.85. The molecule has 2 aromatic carbocycles. The van der Waals surface area contributed by atoms with Crippen LogP contribution in [0.4, 0.5) is 5.69 Å². The number of halogens is 1. The van der Waals surface area contributed by atoms with Gasteiger partial charge in [-0.05, 0) is 40.2 Å². The molecule has 0 aliphatic rings. The van der Waals surface area contributed by atoms with Crippen molar-refractivity contribution < 1.29 is 4.74 Å². The highest BCUT2D eigenvalue weighted by molar-refractivity contribution is 9.10. The lowest BCUT2D eigenvalue weighted by atomic mass is 10.3. The summed E-state index contributed by atoms with van der Waals surface area (Å²) in [7, 11) is 0. The number of hydrogen-bond donors (Lipinski definition) is 1. The molecule has 0 radical (unpaired) electrons. The van der Waals surface area contributed by atoms with E-state index in [9.17, 15) is 0 Å². The summed E-state index contributed by atoms with van der Waals surface area (Å²) in [6.45, 7) is 0. The Bertz CT molecular complexity index is 746. The predicted octanol–water partition coefficient (Wildman–Crippen LogP) is 3.77. The number of para-hydroxylation sites is 2. The zero-order valence-electron chi connectivity index (χ0n) is 9.88. The van der Waals surface area contributed by atoms with Crippen molar-refractivity contribution in [1.82, 2.24) is 9.97 Å². The van der Waals surface area contributed by atoms with Gasteiger partial charge in [-0.3, -0.25) is 0 Å². The van der Waals surface area contributed by atoms with Gasteiger partial charge in [0.05, 0.1) is 21.7 Å². The number of ether oxygens (including phenoxy) is 1. The van der Waals surface area contributed by atoms with Gasteiger partial charge in [-0.2, -0.15) is 0 Å². The van der Waals surface area contributed by atoms with Crippen molar-refractivity contribution in [3.05, 3.63) is 53.1 Å². The average molecular weight is 316 g/mol. The SMILES string of the molecule is Nc1cccc(Oc2cnc3ccccc3n2)c1Br. The number of rotatable bonds is 2. The van der Waals surface area contributed by atoms with Crippen molar-refractivity contribution >= 4 is 32.7 Å². The summed E-state index contributed by atoms with van der Waals surface area (Å²) < 4.78 is 6.41. The van der Waals surface area contributed by atoms with Crippen molar-refractivity contribution in [2.75, 3.05) is 5.73 Å². The molecule has 1 heterocycles. The van der Waals surface area contributed by atoms with Crippen LogP contribution in [-0.4, -0.2) is 9.97 Å². The molecule has 0 saturated heterocycles. The van der Waals surface area contributed by atoms with Crippen LogP contribution in [0.2, 0.25) is 0 Å². The van der Waals surface area contributed by atoms with E-state index in [2.05, 4.69) is 25.9 Å². The summed E-state index contributed by atoms with van der Waals surface area (Å²) in [6.07, 6.45) is 1.60. The molecule has 3 aromatic rings. The van der Waals surface area contributed by atoms with E-state index < -0.39 is 0 Å². The molecule has 0 unspecified atom stereocenters. The van der Waals surface area contributed by atoms with Crippen LogP contribution in [0, 0.1) is 0 Å². The fourth-order valence-electron chi connectivity index (χ4n) is 1.71. The quantitative estimate of drug-likeness (QED) is 0.731. The molecule has 0 atom stereocenters. The third-order valence-electron chi connectivity index (χ3n) is 2.63. The lowest BCUT2D eigenvalue weighted by molar-refractivity contribution is 0.460. The molecule has 0 spiro atoms. The molecule has 4 nitrogen and oxygen atoms in total. The van der Waals surface area contributed by atoms with E-state index in [-0.39, 0.29) is 0 Å². The number of fused-ring (bicyclic) bond motifs is 1. The van der Waals surface area contributed by atoms with Gasteiger partial charge >= 0.3 is 0 Å². The molecule has 1 aromatic heterocycles. The predicted molar refractivity (Wildman–Crippen MR) is 78.2 cm³/mol. The van der Waals surface area contributed by atoms with E-state index in [1.165, 1.54) is 0 Å². The van der Waals surface area contributed by atoms with Crippen LogP contribution >= 0.6 is 15.9 Å². The van der Waals surface area contributed by atoms with Gasteiger partial charge in [0.25, 0.3) is 0 Å². The Balaban J connectivity index is 1.99. The molecule has 0 aliphatic heterocycles. The molecule has 3 rings (SSSR count). The van der Waals surface area contributed by atoms with Crippen molar-refractivity contribution in [3.63, 3.8) is 0 Å². The van der Waals surface area contributed by atoms with Crippen LogP contribution in [0.25, 0.3) is 11.0 Å². The molecule has 0 aliphatic carbocycles. The summed E-state index contributed by atoms with van der Waals surface area (Å²) >= 11 is 3.39. The molecule has 0 bridgehead atoms. The normalized spacial score (nSPS) is 10.6. The summed E-state index contributed by atoms with van der Waals surface area (Å²) in [5.74, 6) is 1.05. The van der Waals surface area contributed by atoms with Gasteiger partial charge in [0, 0.05) is 5.69 Å². The Hall–Kier alpha value is -2.14. The summed E-state index contributed by atoms with van der Waals surface area (Å²) in [4.78, 5) is 8.69. The number of benzene rings is 2. The number of anilines is 1. The van der Waals surface area contributed by atoms with Gasteiger partial charge in [-0.25, -0.2) is 9.97 Å². The molecule has 0 fully saturated rings. The minimum absolute atomic E-state index is 0.435. The number of nitrogens with two attached hydrogens (primary N) is 1. The van der Waals surface area contributed by atoms with Crippen molar-refractivity contribution in [2.24, 2.45) is 0 Å². The fraction of sp³-hybridized carbons (Fsp3) is 0. The van der Waals surface area contributed by atoms with Gasteiger partial charge in [-0.15, -0.1) is 0 Å². The number of hydrogen-bond acceptors (Lipinski definition) is 4. The van der Waals surface area contributed by atoms with Crippen LogP contribution in [0.3, 0.4) is 0 Å². The Morgan fingerprint density at radius 3 is 2.63 bits per heavy atom. The first-order valence-corrected chi connectivity index (χ1v) is 6.47. The van der Waals surface area contributed by atoms with Gasteiger partial charge in [0.1, 0.15) is 5.75 Å². The molecule has 2 N–H and O–H groups in total. The van der Waals surface area contributed by atoms with E-state index in [0.717, 1.165) is 11.0 Å². The maximum absolute atomic E-state index is 5.80. The van der Waals surface area contributed by atoms with Crippen LogP contribution in [-0.2, 0) is 0 Å². The smallest absolute Gasteiger partial charge is 0.238 e. The standard InChI is InChI=1S/C14H10BrN3O/c15-14-9(16)4-3-7-12(14)19-13-8-17-10-5-1-2-6-11(10)18-13/h1-8H,16H2. The van der Waals surface area contributed by atoms with Crippen LogP contribution in [0.15, 0.2) is 53.1 Å². The molecule has 0 saturated carbocycles. The number of aromatic nitrogens is 2. The fourth-order valence-corrected chi connectivity index (χ4v) is 2.05. The van der Waals surface area contributed by atoms with E-state index in [0.29, 0.717) is 21.8 Å². The molecule has 94 valence electrons. The lowest BCUT2D eigenvalue weighted by Crippen LogP contribution is -1.93. The summed E-state index contributed by atoms with van der Waals surface area (Å²) in [5.41, 5.74) is 8.05. The highest BCUT2D eigenvalue weighted by Crippen LogP contribution is 2.33. The molecule has 0 amide bonds. The first-order chi connectivity index (χ1) is 9.24. The van der Waals surface area contributed by atoms with Crippen LogP contribution in [0.5, 0.6) is 11.6 Å². The van der Waals surface area contributed by atoms with Crippen molar-refractivity contribution in [1.29, 1.82) is 0 Å². The minimum atomic E-state index is 0.435.